The molecule has 0 radical (unpaired) electrons. The fourth-order valence-corrected chi connectivity index (χ4v) is 3.66. The van der Waals surface area contributed by atoms with Crippen LogP contribution in [-0.4, -0.2) is 46.1 Å². The molecular formula is C22H24N4O2S. The molecule has 0 aliphatic rings. The van der Waals surface area contributed by atoms with E-state index >= 15 is 0 Å². The number of thioether (sulfide) groups is 1. The van der Waals surface area contributed by atoms with E-state index in [4.69, 9.17) is 0 Å². The molecule has 1 heterocycles. The maximum Gasteiger partial charge on any atom is 0.253 e. The zero-order chi connectivity index (χ0) is 21.0. The number of nitrogens with one attached hydrogen (secondary N) is 1. The third-order valence-electron chi connectivity index (χ3n) is 4.57. The Morgan fingerprint density at radius 2 is 1.90 bits per heavy atom. The second-order valence-corrected chi connectivity index (χ2v) is 7.86. The summed E-state index contributed by atoms with van der Waals surface area (Å²) in [6, 6.07) is 13.1. The van der Waals surface area contributed by atoms with Crippen LogP contribution < -0.4 is 5.32 Å². The largest absolute Gasteiger partial charge is 0.345 e. The molecule has 0 spiro atoms. The first-order chi connectivity index (χ1) is 13.9. The molecule has 0 fully saturated rings. The van der Waals surface area contributed by atoms with E-state index in [0.717, 1.165) is 10.8 Å². The SMILES string of the molecule is Cc1cccc(-n2ccnc2SCC(=O)Nc2cccc(C(=O)N(C)C)c2)c1C. The van der Waals surface area contributed by atoms with Crippen molar-refractivity contribution in [3.63, 3.8) is 0 Å². The summed E-state index contributed by atoms with van der Waals surface area (Å²) >= 11 is 1.37. The van der Waals surface area contributed by atoms with Gasteiger partial charge in [-0.3, -0.25) is 14.2 Å². The maximum atomic E-state index is 12.4. The van der Waals surface area contributed by atoms with Gasteiger partial charge in [0.15, 0.2) is 5.16 Å². The van der Waals surface area contributed by atoms with Crippen molar-refractivity contribution in [2.24, 2.45) is 0 Å². The maximum absolute atomic E-state index is 12.4. The number of imidazole rings is 1. The number of amides is 2. The number of benzene rings is 2. The average Bonchev–Trinajstić information content (AvgIpc) is 3.16. The summed E-state index contributed by atoms with van der Waals surface area (Å²) in [6.07, 6.45) is 3.64. The lowest BCUT2D eigenvalue weighted by molar-refractivity contribution is -0.113. The molecule has 1 aromatic heterocycles. The summed E-state index contributed by atoms with van der Waals surface area (Å²) in [5, 5.41) is 3.61. The van der Waals surface area contributed by atoms with Crippen molar-refractivity contribution < 1.29 is 9.59 Å². The van der Waals surface area contributed by atoms with E-state index in [2.05, 4.69) is 30.2 Å². The van der Waals surface area contributed by atoms with Crippen LogP contribution in [-0.2, 0) is 4.79 Å². The Kier molecular flexibility index (Phi) is 6.39. The van der Waals surface area contributed by atoms with Gasteiger partial charge in [-0.25, -0.2) is 4.98 Å². The van der Waals surface area contributed by atoms with Gasteiger partial charge in [0.1, 0.15) is 0 Å². The van der Waals surface area contributed by atoms with Crippen molar-refractivity contribution in [1.29, 1.82) is 0 Å². The van der Waals surface area contributed by atoms with Gasteiger partial charge >= 0.3 is 0 Å². The highest BCUT2D eigenvalue weighted by Crippen LogP contribution is 2.24. The van der Waals surface area contributed by atoms with Crippen LogP contribution in [0.1, 0.15) is 21.5 Å². The highest BCUT2D eigenvalue weighted by Gasteiger charge is 2.13. The molecule has 0 unspecified atom stereocenters. The van der Waals surface area contributed by atoms with Crippen molar-refractivity contribution in [1.82, 2.24) is 14.5 Å². The first kappa shape index (κ1) is 20.7. The van der Waals surface area contributed by atoms with Crippen LogP contribution >= 0.6 is 11.8 Å². The Hall–Kier alpha value is -3.06. The number of nitrogens with zero attached hydrogens (tertiary/aromatic N) is 3. The van der Waals surface area contributed by atoms with Gasteiger partial charge in [0.2, 0.25) is 5.91 Å². The Morgan fingerprint density at radius 1 is 1.14 bits per heavy atom. The predicted octanol–water partition coefficient (Wildman–Crippen LogP) is 3.92. The standard InChI is InChI=1S/C22H24N4O2S/c1-15-7-5-10-19(16(15)2)26-12-11-23-22(26)29-14-20(27)24-18-9-6-8-17(13-18)21(28)25(3)4/h5-13H,14H2,1-4H3,(H,24,27). The van der Waals surface area contributed by atoms with Gasteiger partial charge in [0.25, 0.3) is 5.91 Å². The first-order valence-corrected chi connectivity index (χ1v) is 10.2. The first-order valence-electron chi connectivity index (χ1n) is 9.21. The Labute approximate surface area is 174 Å². The van der Waals surface area contributed by atoms with E-state index in [1.54, 1.807) is 44.6 Å². The molecular weight excluding hydrogens is 384 g/mol. The molecule has 0 saturated carbocycles. The minimum atomic E-state index is -0.153. The molecule has 3 rings (SSSR count). The molecule has 0 bridgehead atoms. The van der Waals surface area contributed by atoms with Gasteiger partial charge in [-0.1, -0.05) is 30.0 Å². The summed E-state index contributed by atoms with van der Waals surface area (Å²) in [6.45, 7) is 4.15. The highest BCUT2D eigenvalue weighted by molar-refractivity contribution is 7.99. The van der Waals surface area contributed by atoms with E-state index < -0.39 is 0 Å². The molecule has 29 heavy (non-hydrogen) atoms. The minimum absolute atomic E-state index is 0.106. The molecule has 2 amide bonds. The van der Waals surface area contributed by atoms with Crippen LogP contribution in [0.15, 0.2) is 60.0 Å². The molecule has 150 valence electrons. The molecule has 0 aliphatic heterocycles. The highest BCUT2D eigenvalue weighted by atomic mass is 32.2. The van der Waals surface area contributed by atoms with E-state index in [0.29, 0.717) is 11.3 Å². The topological polar surface area (TPSA) is 67.2 Å². The third kappa shape index (κ3) is 4.86. The van der Waals surface area contributed by atoms with E-state index in [1.807, 2.05) is 22.9 Å². The molecule has 6 nitrogen and oxygen atoms in total. The third-order valence-corrected chi connectivity index (χ3v) is 5.54. The van der Waals surface area contributed by atoms with E-state index in [9.17, 15) is 9.59 Å². The number of rotatable bonds is 6. The van der Waals surface area contributed by atoms with Gasteiger partial charge < -0.3 is 10.2 Å². The van der Waals surface area contributed by atoms with E-state index in [1.165, 1.54) is 27.8 Å². The number of hydrogen-bond acceptors (Lipinski definition) is 4. The molecule has 2 aromatic carbocycles. The second-order valence-electron chi connectivity index (χ2n) is 6.92. The summed E-state index contributed by atoms with van der Waals surface area (Å²) < 4.78 is 2.00. The Balaban J connectivity index is 1.67. The second kappa shape index (κ2) is 8.96. The zero-order valence-electron chi connectivity index (χ0n) is 17.0. The van der Waals surface area contributed by atoms with Gasteiger partial charge in [-0.05, 0) is 49.2 Å². The zero-order valence-corrected chi connectivity index (χ0v) is 17.8. The van der Waals surface area contributed by atoms with Crippen molar-refractivity contribution >= 4 is 29.3 Å². The number of hydrogen-bond donors (Lipinski definition) is 1. The molecule has 0 aliphatic carbocycles. The smallest absolute Gasteiger partial charge is 0.253 e. The van der Waals surface area contributed by atoms with Gasteiger partial charge in [0.05, 0.1) is 11.4 Å². The monoisotopic (exact) mass is 408 g/mol. The predicted molar refractivity (Wildman–Crippen MR) is 117 cm³/mol. The number of carbonyl (C=O) groups is 2. The van der Waals surface area contributed by atoms with E-state index in [-0.39, 0.29) is 17.6 Å². The Bertz CT molecular complexity index is 1040. The Morgan fingerprint density at radius 3 is 2.66 bits per heavy atom. The van der Waals surface area contributed by atoms with Gasteiger partial charge in [-0.15, -0.1) is 0 Å². The van der Waals surface area contributed by atoms with Crippen molar-refractivity contribution in [3.8, 4) is 5.69 Å². The normalized spacial score (nSPS) is 10.6. The van der Waals surface area contributed by atoms with Crippen LogP contribution in [0.4, 0.5) is 5.69 Å². The number of anilines is 1. The number of aromatic nitrogens is 2. The average molecular weight is 409 g/mol. The quantitative estimate of drug-likeness (QED) is 0.628. The minimum Gasteiger partial charge on any atom is -0.345 e. The summed E-state index contributed by atoms with van der Waals surface area (Å²) in [5.41, 5.74) is 4.57. The molecule has 1 N–H and O–H groups in total. The van der Waals surface area contributed by atoms with Crippen LogP contribution in [0.3, 0.4) is 0 Å². The fourth-order valence-electron chi connectivity index (χ4n) is 2.89. The summed E-state index contributed by atoms with van der Waals surface area (Å²) in [7, 11) is 3.39. The molecule has 3 aromatic rings. The molecule has 0 saturated heterocycles. The lowest BCUT2D eigenvalue weighted by Gasteiger charge is -2.13. The summed E-state index contributed by atoms with van der Waals surface area (Å²) in [4.78, 5) is 30.4. The van der Waals surface area contributed by atoms with Crippen LogP contribution in [0.25, 0.3) is 5.69 Å². The van der Waals surface area contributed by atoms with Crippen molar-refractivity contribution in [3.05, 3.63) is 71.5 Å². The summed E-state index contributed by atoms with van der Waals surface area (Å²) in [5.74, 6) is -0.0423. The molecule has 0 atom stereocenters. The molecule has 7 heteroatoms. The van der Waals surface area contributed by atoms with Crippen LogP contribution in [0, 0.1) is 13.8 Å². The van der Waals surface area contributed by atoms with Crippen LogP contribution in [0.5, 0.6) is 0 Å². The lowest BCUT2D eigenvalue weighted by atomic mass is 10.1. The van der Waals surface area contributed by atoms with Crippen molar-refractivity contribution in [2.45, 2.75) is 19.0 Å². The lowest BCUT2D eigenvalue weighted by Crippen LogP contribution is -2.22. The number of carbonyl (C=O) groups excluding carboxylic acids is 2. The van der Waals surface area contributed by atoms with Gasteiger partial charge in [-0.2, -0.15) is 0 Å². The van der Waals surface area contributed by atoms with Crippen molar-refractivity contribution in [2.75, 3.05) is 25.2 Å². The fraction of sp³-hybridized carbons (Fsp3) is 0.227. The number of aryl methyl sites for hydroxylation is 1. The van der Waals surface area contributed by atoms with Gasteiger partial charge in [0, 0.05) is 37.7 Å². The van der Waals surface area contributed by atoms with Crippen LogP contribution in [0.2, 0.25) is 0 Å².